The Morgan fingerprint density at radius 1 is 1.06 bits per heavy atom. The van der Waals surface area contributed by atoms with Crippen molar-refractivity contribution in [3.63, 3.8) is 0 Å². The van der Waals surface area contributed by atoms with Crippen molar-refractivity contribution in [2.24, 2.45) is 0 Å². The highest BCUT2D eigenvalue weighted by Gasteiger charge is 2.18. The van der Waals surface area contributed by atoms with Gasteiger partial charge in [-0.05, 0) is 41.2 Å². The number of benzene rings is 2. The summed E-state index contributed by atoms with van der Waals surface area (Å²) in [6, 6.07) is 14.8. The number of fused-ring (bicyclic) bond motifs is 1. The van der Waals surface area contributed by atoms with Gasteiger partial charge in [0.1, 0.15) is 10.7 Å². The monoisotopic (exact) mass is 481 g/mol. The standard InChI is InChI=1S/C26H31N3O4S/c1-5-33-28-25(30)21-16-34-24(27-21)15-29(13-18-6-9-20(10-7-18)26(2,3)4)14-19-8-11-22-23(12-19)32-17-31-22/h6-12,16H,5,13-15,17H2,1-4H3,(H,28,30). The maximum absolute atomic E-state index is 12.2. The molecule has 0 atom stereocenters. The van der Waals surface area contributed by atoms with Crippen LogP contribution in [0.1, 0.15) is 59.9 Å². The van der Waals surface area contributed by atoms with Crippen LogP contribution in [0.4, 0.5) is 0 Å². The number of nitrogens with one attached hydrogen (secondary N) is 1. The van der Waals surface area contributed by atoms with Crippen LogP contribution >= 0.6 is 11.3 Å². The molecule has 0 saturated carbocycles. The number of hydroxylamine groups is 1. The van der Waals surface area contributed by atoms with Crippen LogP contribution < -0.4 is 15.0 Å². The number of ether oxygens (including phenoxy) is 2. The highest BCUT2D eigenvalue weighted by atomic mass is 32.1. The molecule has 1 aliphatic heterocycles. The first-order valence-electron chi connectivity index (χ1n) is 11.4. The van der Waals surface area contributed by atoms with Crippen molar-refractivity contribution in [2.45, 2.75) is 52.7 Å². The molecule has 0 spiro atoms. The van der Waals surface area contributed by atoms with Crippen LogP contribution in [0, 0.1) is 0 Å². The van der Waals surface area contributed by atoms with E-state index in [9.17, 15) is 4.79 Å². The Kier molecular flexibility index (Phi) is 7.50. The van der Waals surface area contributed by atoms with Gasteiger partial charge in [-0.15, -0.1) is 11.3 Å². The second-order valence-corrected chi connectivity index (χ2v) is 10.2. The summed E-state index contributed by atoms with van der Waals surface area (Å²) in [6.07, 6.45) is 0. The lowest BCUT2D eigenvalue weighted by atomic mass is 9.87. The van der Waals surface area contributed by atoms with Crippen LogP contribution in [0.15, 0.2) is 47.8 Å². The van der Waals surface area contributed by atoms with Gasteiger partial charge in [-0.2, -0.15) is 0 Å². The van der Waals surface area contributed by atoms with Gasteiger partial charge in [-0.3, -0.25) is 14.5 Å². The Bertz CT molecular complexity index is 1120. The van der Waals surface area contributed by atoms with Crippen LogP contribution in [0.2, 0.25) is 0 Å². The molecule has 34 heavy (non-hydrogen) atoms. The third-order valence-corrected chi connectivity index (χ3v) is 6.36. The van der Waals surface area contributed by atoms with Gasteiger partial charge in [-0.25, -0.2) is 10.5 Å². The lowest BCUT2D eigenvalue weighted by Gasteiger charge is -2.23. The molecule has 2 heterocycles. The van der Waals surface area contributed by atoms with E-state index in [1.54, 1.807) is 5.38 Å². The van der Waals surface area contributed by atoms with Gasteiger partial charge >= 0.3 is 0 Å². The first-order chi connectivity index (χ1) is 16.3. The summed E-state index contributed by atoms with van der Waals surface area (Å²) in [5.74, 6) is 1.22. The molecule has 2 aromatic carbocycles. The van der Waals surface area contributed by atoms with Crippen molar-refractivity contribution < 1.29 is 19.1 Å². The molecule has 7 nitrogen and oxygen atoms in total. The van der Waals surface area contributed by atoms with E-state index in [1.807, 2.05) is 19.1 Å². The predicted octanol–water partition coefficient (Wildman–Crippen LogP) is 5.05. The zero-order valence-electron chi connectivity index (χ0n) is 20.1. The topological polar surface area (TPSA) is 72.9 Å². The fourth-order valence-corrected chi connectivity index (χ4v) is 4.52. The normalized spacial score (nSPS) is 12.9. The summed E-state index contributed by atoms with van der Waals surface area (Å²) in [5.41, 5.74) is 6.54. The Morgan fingerprint density at radius 3 is 2.50 bits per heavy atom. The van der Waals surface area contributed by atoms with Crippen molar-refractivity contribution in [3.05, 3.63) is 75.2 Å². The quantitative estimate of drug-likeness (QED) is 0.431. The Balaban J connectivity index is 1.51. The van der Waals surface area contributed by atoms with Crippen LogP contribution in [0.5, 0.6) is 11.5 Å². The van der Waals surface area contributed by atoms with Gasteiger partial charge in [-0.1, -0.05) is 51.1 Å². The summed E-state index contributed by atoms with van der Waals surface area (Å²) in [6.45, 7) is 11.2. The summed E-state index contributed by atoms with van der Waals surface area (Å²) in [7, 11) is 0. The zero-order valence-corrected chi connectivity index (χ0v) is 20.9. The fraction of sp³-hybridized carbons (Fsp3) is 0.385. The first kappa shape index (κ1) is 24.2. The van der Waals surface area contributed by atoms with Gasteiger partial charge in [0.2, 0.25) is 6.79 Å². The van der Waals surface area contributed by atoms with Gasteiger partial charge in [0, 0.05) is 18.5 Å². The van der Waals surface area contributed by atoms with Crippen molar-refractivity contribution in [1.82, 2.24) is 15.4 Å². The lowest BCUT2D eigenvalue weighted by Crippen LogP contribution is -2.24. The number of carbonyl (C=O) groups excluding carboxylic acids is 1. The number of hydrogen-bond acceptors (Lipinski definition) is 7. The number of nitrogens with zero attached hydrogens (tertiary/aromatic N) is 2. The fourth-order valence-electron chi connectivity index (χ4n) is 3.70. The van der Waals surface area contributed by atoms with Gasteiger partial charge in [0.25, 0.3) is 5.91 Å². The molecule has 1 aromatic heterocycles. The molecule has 0 unspecified atom stereocenters. The molecule has 0 aliphatic carbocycles. The molecule has 1 N–H and O–H groups in total. The number of carbonyl (C=O) groups is 1. The lowest BCUT2D eigenvalue weighted by molar-refractivity contribution is 0.0360. The second-order valence-electron chi connectivity index (χ2n) is 9.27. The SMILES string of the molecule is CCONC(=O)c1csc(CN(Cc2ccc(C(C)(C)C)cc2)Cc2ccc3c(c2)OCO3)n1. The molecule has 180 valence electrons. The summed E-state index contributed by atoms with van der Waals surface area (Å²) >= 11 is 1.47. The molecule has 3 aromatic rings. The van der Waals surface area contributed by atoms with Crippen molar-refractivity contribution in [2.75, 3.05) is 13.4 Å². The number of amides is 1. The molecule has 0 radical (unpaired) electrons. The first-order valence-corrected chi connectivity index (χ1v) is 12.3. The minimum atomic E-state index is -0.329. The largest absolute Gasteiger partial charge is 0.454 e. The summed E-state index contributed by atoms with van der Waals surface area (Å²) in [5, 5.41) is 2.63. The average molecular weight is 482 g/mol. The van der Waals surface area contributed by atoms with Gasteiger partial charge < -0.3 is 9.47 Å². The molecule has 1 aliphatic rings. The molecular formula is C26H31N3O4S. The van der Waals surface area contributed by atoms with E-state index in [0.717, 1.165) is 28.6 Å². The summed E-state index contributed by atoms with van der Waals surface area (Å²) < 4.78 is 11.0. The maximum atomic E-state index is 12.2. The molecule has 8 heteroatoms. The Hall–Kier alpha value is -2.94. The van der Waals surface area contributed by atoms with E-state index in [4.69, 9.17) is 14.3 Å². The average Bonchev–Trinajstić information content (AvgIpc) is 3.46. The molecule has 0 fully saturated rings. The maximum Gasteiger partial charge on any atom is 0.294 e. The van der Waals surface area contributed by atoms with Crippen LogP contribution in [0.25, 0.3) is 0 Å². The van der Waals surface area contributed by atoms with Gasteiger partial charge in [0.15, 0.2) is 11.5 Å². The van der Waals surface area contributed by atoms with Crippen molar-refractivity contribution >= 4 is 17.2 Å². The molecule has 0 bridgehead atoms. The van der Waals surface area contributed by atoms with E-state index in [-0.39, 0.29) is 18.1 Å². The highest BCUT2D eigenvalue weighted by Crippen LogP contribution is 2.33. The third kappa shape index (κ3) is 6.14. The molecular weight excluding hydrogens is 450 g/mol. The smallest absolute Gasteiger partial charge is 0.294 e. The zero-order chi connectivity index (χ0) is 24.1. The Labute approximate surface area is 204 Å². The number of thiazole rings is 1. The third-order valence-electron chi connectivity index (χ3n) is 5.52. The van der Waals surface area contributed by atoms with Crippen molar-refractivity contribution in [1.29, 1.82) is 0 Å². The van der Waals surface area contributed by atoms with Crippen LogP contribution in [0.3, 0.4) is 0 Å². The molecule has 1 amide bonds. The summed E-state index contributed by atoms with van der Waals surface area (Å²) in [4.78, 5) is 24.0. The van der Waals surface area contributed by atoms with Crippen molar-refractivity contribution in [3.8, 4) is 11.5 Å². The second kappa shape index (κ2) is 10.5. The number of hydrogen-bond donors (Lipinski definition) is 1. The minimum absolute atomic E-state index is 0.115. The van der Waals surface area contributed by atoms with Crippen LogP contribution in [-0.2, 0) is 29.9 Å². The van der Waals surface area contributed by atoms with Gasteiger partial charge in [0.05, 0.1) is 13.2 Å². The van der Waals surface area contributed by atoms with E-state index >= 15 is 0 Å². The molecule has 0 saturated heterocycles. The van der Waals surface area contributed by atoms with E-state index in [2.05, 4.69) is 66.5 Å². The van der Waals surface area contributed by atoms with E-state index in [0.29, 0.717) is 25.4 Å². The van der Waals surface area contributed by atoms with E-state index in [1.165, 1.54) is 22.5 Å². The number of aromatic nitrogens is 1. The van der Waals surface area contributed by atoms with Crippen LogP contribution in [-0.4, -0.2) is 29.2 Å². The molecule has 4 rings (SSSR count). The number of rotatable bonds is 9. The highest BCUT2D eigenvalue weighted by molar-refractivity contribution is 7.09. The Morgan fingerprint density at radius 2 is 1.76 bits per heavy atom. The predicted molar refractivity (Wildman–Crippen MR) is 132 cm³/mol. The van der Waals surface area contributed by atoms with E-state index < -0.39 is 0 Å². The minimum Gasteiger partial charge on any atom is -0.454 e.